The summed E-state index contributed by atoms with van der Waals surface area (Å²) in [7, 11) is -3.29. The van der Waals surface area contributed by atoms with E-state index in [2.05, 4.69) is 10.3 Å². The molecule has 2 heterocycles. The first-order chi connectivity index (χ1) is 12.5. The number of aromatic nitrogens is 1. The van der Waals surface area contributed by atoms with Crippen molar-refractivity contribution in [3.8, 4) is 0 Å². The van der Waals surface area contributed by atoms with Crippen LogP contribution < -0.4 is 5.32 Å². The number of hydrogen-bond acceptors (Lipinski definition) is 5. The summed E-state index contributed by atoms with van der Waals surface area (Å²) in [5.41, 5.74) is 0.700. The van der Waals surface area contributed by atoms with E-state index in [-0.39, 0.29) is 18.2 Å². The molecule has 1 fully saturated rings. The molecular formula is C17H20F3N3O3S. The molecular weight excluding hydrogens is 383 g/mol. The lowest BCUT2D eigenvalue weighted by molar-refractivity contribution is -0.137. The third-order valence-electron chi connectivity index (χ3n) is 4.36. The molecule has 3 rings (SSSR count). The Hall–Kier alpha value is -1.91. The zero-order valence-corrected chi connectivity index (χ0v) is 15.7. The van der Waals surface area contributed by atoms with Gasteiger partial charge in [0.15, 0.2) is 0 Å². The van der Waals surface area contributed by atoms with Crippen molar-refractivity contribution in [3.63, 3.8) is 0 Å². The molecule has 1 unspecified atom stereocenters. The molecule has 10 heteroatoms. The van der Waals surface area contributed by atoms with Gasteiger partial charge in [0, 0.05) is 36.4 Å². The number of rotatable bonds is 4. The number of ether oxygens (including phenoxy) is 1. The molecule has 1 aromatic carbocycles. The largest absolute Gasteiger partial charge is 0.416 e. The van der Waals surface area contributed by atoms with Gasteiger partial charge in [-0.3, -0.25) is 4.98 Å². The molecule has 6 nitrogen and oxygen atoms in total. The topological polar surface area (TPSA) is 71.5 Å². The van der Waals surface area contributed by atoms with E-state index >= 15 is 0 Å². The minimum absolute atomic E-state index is 0.228. The smallest absolute Gasteiger partial charge is 0.382 e. The van der Waals surface area contributed by atoms with E-state index in [0.29, 0.717) is 36.5 Å². The molecule has 0 radical (unpaired) electrons. The Morgan fingerprint density at radius 3 is 2.74 bits per heavy atom. The predicted molar refractivity (Wildman–Crippen MR) is 96.1 cm³/mol. The maximum Gasteiger partial charge on any atom is 0.416 e. The van der Waals surface area contributed by atoms with Gasteiger partial charge in [-0.05, 0) is 25.1 Å². The van der Waals surface area contributed by atoms with E-state index in [1.165, 1.54) is 10.4 Å². The highest BCUT2D eigenvalue weighted by Crippen LogP contribution is 2.33. The van der Waals surface area contributed by atoms with E-state index < -0.39 is 21.8 Å². The highest BCUT2D eigenvalue weighted by Gasteiger charge is 2.31. The molecule has 1 aliphatic rings. The molecule has 1 aromatic heterocycles. The van der Waals surface area contributed by atoms with Gasteiger partial charge >= 0.3 is 6.18 Å². The number of morpholine rings is 1. The second-order valence-electron chi connectivity index (χ2n) is 6.54. The zero-order valence-electron chi connectivity index (χ0n) is 14.9. The fraction of sp³-hybridized carbons (Fsp3) is 0.471. The molecule has 0 amide bonds. The Bertz CT molecular complexity index is 948. The van der Waals surface area contributed by atoms with Gasteiger partial charge in [-0.25, -0.2) is 8.42 Å². The molecule has 1 N–H and O–H groups in total. The Labute approximate surface area is 155 Å². The number of anilines is 1. The number of nitrogens with zero attached hydrogens (tertiary/aromatic N) is 2. The number of alkyl halides is 3. The molecule has 1 saturated heterocycles. The third kappa shape index (κ3) is 4.69. The van der Waals surface area contributed by atoms with Crippen molar-refractivity contribution in [3.05, 3.63) is 35.5 Å². The number of aryl methyl sites for hydroxylation is 1. The van der Waals surface area contributed by atoms with Crippen LogP contribution in [-0.2, 0) is 20.9 Å². The van der Waals surface area contributed by atoms with Crippen LogP contribution in [0.2, 0.25) is 0 Å². The standard InChI is InChI=1S/C17H20F3N3O3S/c1-11-7-15(14-4-3-12(17(18,19)20)8-16(14)22-11)21-9-13-10-23(5-6-26-13)27(2,24)25/h3-4,7-8,13H,5-6,9-10H2,1-2H3,(H,21,22). The Morgan fingerprint density at radius 2 is 2.07 bits per heavy atom. The van der Waals surface area contributed by atoms with Gasteiger partial charge in [-0.2, -0.15) is 17.5 Å². The fourth-order valence-electron chi connectivity index (χ4n) is 3.02. The molecule has 2 aromatic rings. The number of halogens is 3. The van der Waals surface area contributed by atoms with Gasteiger partial charge < -0.3 is 10.1 Å². The van der Waals surface area contributed by atoms with E-state index in [4.69, 9.17) is 4.74 Å². The van der Waals surface area contributed by atoms with Crippen molar-refractivity contribution in [1.82, 2.24) is 9.29 Å². The molecule has 1 aliphatic heterocycles. The summed E-state index contributed by atoms with van der Waals surface area (Å²) in [4.78, 5) is 4.19. The quantitative estimate of drug-likeness (QED) is 0.850. The van der Waals surface area contributed by atoms with E-state index in [9.17, 15) is 21.6 Å². The van der Waals surface area contributed by atoms with Crippen molar-refractivity contribution in [2.24, 2.45) is 0 Å². The SMILES string of the molecule is Cc1cc(NCC2CN(S(C)(=O)=O)CCO2)c2ccc(C(F)(F)F)cc2n1. The lowest BCUT2D eigenvalue weighted by atomic mass is 10.1. The van der Waals surface area contributed by atoms with Crippen molar-refractivity contribution in [2.45, 2.75) is 19.2 Å². The summed E-state index contributed by atoms with van der Waals surface area (Å²) in [6.07, 6.45) is -3.63. The Morgan fingerprint density at radius 1 is 1.33 bits per heavy atom. The number of hydrogen-bond donors (Lipinski definition) is 1. The van der Waals surface area contributed by atoms with Crippen LogP contribution >= 0.6 is 0 Å². The summed E-state index contributed by atoms with van der Waals surface area (Å²) in [6, 6.07) is 5.17. The summed E-state index contributed by atoms with van der Waals surface area (Å²) in [5, 5.41) is 3.72. The molecule has 148 valence electrons. The highest BCUT2D eigenvalue weighted by molar-refractivity contribution is 7.88. The van der Waals surface area contributed by atoms with Crippen LogP contribution in [0.25, 0.3) is 10.9 Å². The Balaban J connectivity index is 1.80. The van der Waals surface area contributed by atoms with Crippen LogP contribution in [-0.4, -0.2) is 56.3 Å². The molecule has 27 heavy (non-hydrogen) atoms. The van der Waals surface area contributed by atoms with Gasteiger partial charge in [-0.1, -0.05) is 6.07 Å². The zero-order chi connectivity index (χ0) is 19.8. The molecule has 0 aliphatic carbocycles. The van der Waals surface area contributed by atoms with Gasteiger partial charge in [0.2, 0.25) is 10.0 Å². The molecule has 1 atom stereocenters. The first-order valence-corrected chi connectivity index (χ1v) is 10.2. The number of fused-ring (bicyclic) bond motifs is 1. The van der Waals surface area contributed by atoms with Gasteiger partial charge in [-0.15, -0.1) is 0 Å². The number of sulfonamides is 1. The van der Waals surface area contributed by atoms with Crippen LogP contribution in [0.3, 0.4) is 0 Å². The van der Waals surface area contributed by atoms with Crippen molar-refractivity contribution in [1.29, 1.82) is 0 Å². The maximum atomic E-state index is 12.9. The van der Waals surface area contributed by atoms with Crippen molar-refractivity contribution in [2.75, 3.05) is 37.8 Å². The normalized spacial score (nSPS) is 19.4. The minimum Gasteiger partial charge on any atom is -0.382 e. The molecule has 0 spiro atoms. The Kier molecular flexibility index (Phi) is 5.33. The third-order valence-corrected chi connectivity index (χ3v) is 5.63. The lowest BCUT2D eigenvalue weighted by Gasteiger charge is -2.31. The van der Waals surface area contributed by atoms with Crippen LogP contribution in [0.1, 0.15) is 11.3 Å². The summed E-state index contributed by atoms with van der Waals surface area (Å²) in [5.74, 6) is 0. The maximum absolute atomic E-state index is 12.9. The fourth-order valence-corrected chi connectivity index (χ4v) is 3.87. The number of nitrogens with one attached hydrogen (secondary N) is 1. The monoisotopic (exact) mass is 403 g/mol. The second kappa shape index (κ2) is 7.25. The highest BCUT2D eigenvalue weighted by atomic mass is 32.2. The number of pyridine rings is 1. The van der Waals surface area contributed by atoms with E-state index in [1.807, 2.05) is 0 Å². The molecule has 0 bridgehead atoms. The summed E-state index contributed by atoms with van der Waals surface area (Å²) < 4.78 is 69.1. The van der Waals surface area contributed by atoms with Crippen LogP contribution in [0, 0.1) is 6.92 Å². The van der Waals surface area contributed by atoms with Crippen molar-refractivity contribution >= 4 is 26.6 Å². The van der Waals surface area contributed by atoms with Crippen LogP contribution in [0.15, 0.2) is 24.3 Å². The lowest BCUT2D eigenvalue weighted by Crippen LogP contribution is -2.47. The minimum atomic E-state index is -4.43. The van der Waals surface area contributed by atoms with Gasteiger partial charge in [0.25, 0.3) is 0 Å². The van der Waals surface area contributed by atoms with Crippen LogP contribution in [0.4, 0.5) is 18.9 Å². The molecule has 0 saturated carbocycles. The first kappa shape index (κ1) is 19.8. The van der Waals surface area contributed by atoms with Gasteiger partial charge in [0.1, 0.15) is 0 Å². The van der Waals surface area contributed by atoms with Crippen LogP contribution in [0.5, 0.6) is 0 Å². The average Bonchev–Trinajstić information content (AvgIpc) is 2.57. The second-order valence-corrected chi connectivity index (χ2v) is 8.52. The van der Waals surface area contributed by atoms with Gasteiger partial charge in [0.05, 0.1) is 30.0 Å². The number of benzene rings is 1. The van der Waals surface area contributed by atoms with E-state index in [1.54, 1.807) is 13.0 Å². The first-order valence-electron chi connectivity index (χ1n) is 8.33. The van der Waals surface area contributed by atoms with E-state index in [0.717, 1.165) is 18.4 Å². The van der Waals surface area contributed by atoms with Crippen molar-refractivity contribution < 1.29 is 26.3 Å². The summed E-state index contributed by atoms with van der Waals surface area (Å²) in [6.45, 7) is 2.86. The predicted octanol–water partition coefficient (Wildman–Crippen LogP) is 2.63. The average molecular weight is 403 g/mol. The summed E-state index contributed by atoms with van der Waals surface area (Å²) >= 11 is 0.